The molecule has 1 heterocycles. The summed E-state index contributed by atoms with van der Waals surface area (Å²) in [7, 11) is 1.64. The van der Waals surface area contributed by atoms with Gasteiger partial charge < -0.3 is 14.4 Å². The lowest BCUT2D eigenvalue weighted by Gasteiger charge is -2.34. The quantitative estimate of drug-likeness (QED) is 0.414. The zero-order chi connectivity index (χ0) is 23.8. The van der Waals surface area contributed by atoms with Crippen molar-refractivity contribution in [2.75, 3.05) is 33.3 Å². The van der Waals surface area contributed by atoms with Crippen LogP contribution in [-0.4, -0.2) is 49.0 Å². The lowest BCUT2D eigenvalue weighted by molar-refractivity contribution is -0.127. The number of hydrogen-bond donors (Lipinski definition) is 0. The van der Waals surface area contributed by atoms with Gasteiger partial charge >= 0.3 is 0 Å². The molecule has 0 unspecified atom stereocenters. The zero-order valence-corrected chi connectivity index (χ0v) is 20.1. The van der Waals surface area contributed by atoms with Crippen LogP contribution in [0.15, 0.2) is 78.9 Å². The van der Waals surface area contributed by atoms with E-state index < -0.39 is 0 Å². The largest absolute Gasteiger partial charge is 0.496 e. The second-order valence-electron chi connectivity index (χ2n) is 8.20. The lowest BCUT2D eigenvalue weighted by Crippen LogP contribution is -2.47. The van der Waals surface area contributed by atoms with Gasteiger partial charge in [0, 0.05) is 49.4 Å². The van der Waals surface area contributed by atoms with Crippen LogP contribution in [0.4, 0.5) is 0 Å². The molecule has 0 radical (unpaired) electrons. The highest BCUT2D eigenvalue weighted by molar-refractivity contribution is 6.31. The summed E-state index contributed by atoms with van der Waals surface area (Å²) < 4.78 is 11.4. The highest BCUT2D eigenvalue weighted by Crippen LogP contribution is 2.23. The van der Waals surface area contributed by atoms with Gasteiger partial charge in [-0.3, -0.25) is 9.69 Å². The van der Waals surface area contributed by atoms with Crippen molar-refractivity contribution in [1.82, 2.24) is 9.80 Å². The summed E-state index contributed by atoms with van der Waals surface area (Å²) in [6, 6.07) is 23.4. The Morgan fingerprint density at radius 3 is 2.41 bits per heavy atom. The molecule has 1 amide bonds. The van der Waals surface area contributed by atoms with Crippen LogP contribution in [0.2, 0.25) is 5.02 Å². The Labute approximate surface area is 206 Å². The van der Waals surface area contributed by atoms with Gasteiger partial charge in [-0.1, -0.05) is 54.1 Å². The maximum absolute atomic E-state index is 12.8. The first-order chi connectivity index (χ1) is 16.6. The molecule has 0 bridgehead atoms. The Kier molecular flexibility index (Phi) is 8.23. The Balaban J connectivity index is 1.32. The molecule has 1 saturated heterocycles. The van der Waals surface area contributed by atoms with Gasteiger partial charge in [0.05, 0.1) is 7.11 Å². The van der Waals surface area contributed by atoms with Crippen molar-refractivity contribution < 1.29 is 14.3 Å². The second-order valence-corrected chi connectivity index (χ2v) is 8.61. The van der Waals surface area contributed by atoms with Crippen molar-refractivity contribution in [3.8, 4) is 11.5 Å². The van der Waals surface area contributed by atoms with Crippen LogP contribution in [0.25, 0.3) is 6.08 Å². The number of carbonyl (C=O) groups excluding carboxylic acids is 1. The average molecular weight is 477 g/mol. The number of rotatable bonds is 8. The molecule has 3 aromatic carbocycles. The van der Waals surface area contributed by atoms with Crippen LogP contribution in [0, 0.1) is 0 Å². The molecular formula is C28H29ClN2O3. The van der Waals surface area contributed by atoms with Crippen molar-refractivity contribution in [2.45, 2.75) is 13.2 Å². The van der Waals surface area contributed by atoms with E-state index in [0.717, 1.165) is 52.8 Å². The minimum Gasteiger partial charge on any atom is -0.496 e. The van der Waals surface area contributed by atoms with Crippen molar-refractivity contribution >= 4 is 23.6 Å². The number of ether oxygens (including phenoxy) is 2. The van der Waals surface area contributed by atoms with Crippen molar-refractivity contribution in [3.05, 3.63) is 101 Å². The van der Waals surface area contributed by atoms with E-state index in [1.54, 1.807) is 13.2 Å². The van der Waals surface area contributed by atoms with E-state index in [4.69, 9.17) is 21.1 Å². The van der Waals surface area contributed by atoms with E-state index in [1.165, 1.54) is 0 Å². The maximum Gasteiger partial charge on any atom is 0.246 e. The Bertz CT molecular complexity index is 1130. The fourth-order valence-electron chi connectivity index (χ4n) is 3.96. The number of amides is 1. The molecule has 0 aliphatic carbocycles. The Hall–Kier alpha value is -3.28. The fraction of sp³-hybridized carbons (Fsp3) is 0.250. The summed E-state index contributed by atoms with van der Waals surface area (Å²) in [5.41, 5.74) is 2.97. The molecule has 34 heavy (non-hydrogen) atoms. The number of piperazine rings is 1. The van der Waals surface area contributed by atoms with E-state index in [-0.39, 0.29) is 5.91 Å². The monoisotopic (exact) mass is 476 g/mol. The van der Waals surface area contributed by atoms with Gasteiger partial charge in [-0.2, -0.15) is 0 Å². The Morgan fingerprint density at radius 1 is 0.941 bits per heavy atom. The van der Waals surface area contributed by atoms with Crippen LogP contribution in [-0.2, 0) is 17.9 Å². The molecule has 6 heteroatoms. The summed E-state index contributed by atoms with van der Waals surface area (Å²) in [4.78, 5) is 17.0. The summed E-state index contributed by atoms with van der Waals surface area (Å²) in [6.07, 6.45) is 3.50. The highest BCUT2D eigenvalue weighted by atomic mass is 35.5. The third kappa shape index (κ3) is 6.40. The molecule has 4 rings (SSSR count). The molecule has 1 aliphatic rings. The average Bonchev–Trinajstić information content (AvgIpc) is 2.88. The molecule has 0 saturated carbocycles. The first kappa shape index (κ1) is 23.9. The van der Waals surface area contributed by atoms with Gasteiger partial charge in [0.25, 0.3) is 0 Å². The first-order valence-electron chi connectivity index (χ1n) is 11.4. The molecular weight excluding hydrogens is 448 g/mol. The standard InChI is InChI=1S/C28H29ClN2O3/c1-33-27-13-11-22(19-24(27)21-34-25-8-3-2-4-9-25)12-14-28(32)31-17-15-30(16-18-31)20-23-7-5-6-10-26(23)29/h2-14,19H,15-18,20-21H2,1H3/b14-12+. The third-order valence-corrected chi connectivity index (χ3v) is 6.26. The van der Waals surface area contributed by atoms with E-state index in [9.17, 15) is 4.79 Å². The van der Waals surface area contributed by atoms with Crippen LogP contribution in [0.5, 0.6) is 11.5 Å². The number of halogens is 1. The number of benzene rings is 3. The summed E-state index contributed by atoms with van der Waals surface area (Å²) in [6.45, 7) is 4.24. The van der Waals surface area contributed by atoms with Gasteiger partial charge in [0.15, 0.2) is 0 Å². The molecule has 0 atom stereocenters. The molecule has 1 aliphatic heterocycles. The zero-order valence-electron chi connectivity index (χ0n) is 19.3. The highest BCUT2D eigenvalue weighted by Gasteiger charge is 2.20. The fourth-order valence-corrected chi connectivity index (χ4v) is 4.16. The normalized spacial score (nSPS) is 14.4. The molecule has 176 valence electrons. The predicted octanol–water partition coefficient (Wildman–Crippen LogP) is 5.29. The smallest absolute Gasteiger partial charge is 0.246 e. The van der Waals surface area contributed by atoms with Crippen LogP contribution < -0.4 is 9.47 Å². The number of hydrogen-bond acceptors (Lipinski definition) is 4. The third-order valence-electron chi connectivity index (χ3n) is 5.90. The molecule has 3 aromatic rings. The van der Waals surface area contributed by atoms with Gasteiger partial charge in [-0.15, -0.1) is 0 Å². The SMILES string of the molecule is COc1ccc(/C=C/C(=O)N2CCN(Cc3ccccc3Cl)CC2)cc1COc1ccccc1. The summed E-state index contributed by atoms with van der Waals surface area (Å²) in [5, 5.41) is 0.789. The van der Waals surface area contributed by atoms with Gasteiger partial charge in [-0.25, -0.2) is 0 Å². The van der Waals surface area contributed by atoms with E-state index in [0.29, 0.717) is 19.7 Å². The summed E-state index contributed by atoms with van der Waals surface area (Å²) >= 11 is 6.29. The molecule has 1 fully saturated rings. The molecule has 0 spiro atoms. The van der Waals surface area contributed by atoms with Gasteiger partial charge in [0.2, 0.25) is 5.91 Å². The number of para-hydroxylation sites is 1. The van der Waals surface area contributed by atoms with Crippen LogP contribution >= 0.6 is 11.6 Å². The minimum absolute atomic E-state index is 0.0234. The van der Waals surface area contributed by atoms with Crippen molar-refractivity contribution in [3.63, 3.8) is 0 Å². The number of nitrogens with zero attached hydrogens (tertiary/aromatic N) is 2. The summed E-state index contributed by atoms with van der Waals surface area (Å²) in [5.74, 6) is 1.58. The van der Waals surface area contributed by atoms with Crippen LogP contribution in [0.1, 0.15) is 16.7 Å². The lowest BCUT2D eigenvalue weighted by atomic mass is 10.1. The minimum atomic E-state index is 0.0234. The Morgan fingerprint density at radius 2 is 1.68 bits per heavy atom. The van der Waals surface area contributed by atoms with Crippen molar-refractivity contribution in [1.29, 1.82) is 0 Å². The maximum atomic E-state index is 12.8. The molecule has 5 nitrogen and oxygen atoms in total. The van der Waals surface area contributed by atoms with E-state index in [1.807, 2.05) is 77.7 Å². The first-order valence-corrected chi connectivity index (χ1v) is 11.8. The molecule has 0 N–H and O–H groups in total. The number of methoxy groups -OCH3 is 1. The van der Waals surface area contributed by atoms with Crippen LogP contribution in [0.3, 0.4) is 0 Å². The van der Waals surface area contributed by atoms with Gasteiger partial charge in [0.1, 0.15) is 18.1 Å². The van der Waals surface area contributed by atoms with E-state index in [2.05, 4.69) is 11.0 Å². The van der Waals surface area contributed by atoms with Gasteiger partial charge in [-0.05, 0) is 47.5 Å². The predicted molar refractivity (Wildman–Crippen MR) is 136 cm³/mol. The number of carbonyl (C=O) groups is 1. The van der Waals surface area contributed by atoms with E-state index >= 15 is 0 Å². The second kappa shape index (κ2) is 11.7. The topological polar surface area (TPSA) is 42.0 Å². The van der Waals surface area contributed by atoms with Crippen molar-refractivity contribution in [2.24, 2.45) is 0 Å². The molecule has 0 aromatic heterocycles.